The lowest BCUT2D eigenvalue weighted by molar-refractivity contribution is -0.111. The fourth-order valence-corrected chi connectivity index (χ4v) is 1.89. The van der Waals surface area contributed by atoms with Crippen molar-refractivity contribution in [2.24, 2.45) is 0 Å². The number of fused-ring (bicyclic) bond motifs is 1. The van der Waals surface area contributed by atoms with Crippen molar-refractivity contribution in [3.63, 3.8) is 0 Å². The molecule has 1 aromatic rings. The number of amides is 1. The molecular formula is C13H16N2O. The number of aryl methyl sites for hydroxylation is 1. The summed E-state index contributed by atoms with van der Waals surface area (Å²) < 4.78 is 0. The van der Waals surface area contributed by atoms with E-state index in [0.29, 0.717) is 0 Å². The lowest BCUT2D eigenvalue weighted by Gasteiger charge is -2.18. The number of carbonyl (C=O) groups excluding carboxylic acids is 1. The molecule has 16 heavy (non-hydrogen) atoms. The Kier molecular flexibility index (Phi) is 3.25. The first-order valence-corrected chi connectivity index (χ1v) is 5.60. The predicted molar refractivity (Wildman–Crippen MR) is 66.7 cm³/mol. The Bertz CT molecular complexity index is 424. The van der Waals surface area contributed by atoms with E-state index in [1.807, 2.05) is 25.1 Å². The predicted octanol–water partition coefficient (Wildman–Crippen LogP) is 2.56. The van der Waals surface area contributed by atoms with E-state index in [9.17, 15) is 4.79 Å². The second-order valence-corrected chi connectivity index (χ2v) is 3.89. The Labute approximate surface area is 95.6 Å². The largest absolute Gasteiger partial charge is 0.385 e. The minimum absolute atomic E-state index is 0.0776. The summed E-state index contributed by atoms with van der Waals surface area (Å²) in [4.78, 5) is 11.4. The number of allylic oxidation sites excluding steroid dienone is 1. The first-order valence-electron chi connectivity index (χ1n) is 5.60. The average Bonchev–Trinajstić information content (AvgIpc) is 2.29. The van der Waals surface area contributed by atoms with Crippen LogP contribution in [0.5, 0.6) is 0 Å². The van der Waals surface area contributed by atoms with Crippen LogP contribution in [0.25, 0.3) is 0 Å². The fraction of sp³-hybridized carbons (Fsp3) is 0.308. The monoisotopic (exact) mass is 216 g/mol. The number of benzene rings is 1. The Morgan fingerprint density at radius 2 is 2.38 bits per heavy atom. The molecule has 0 atom stereocenters. The van der Waals surface area contributed by atoms with E-state index >= 15 is 0 Å². The number of nitrogens with one attached hydrogen (secondary N) is 2. The topological polar surface area (TPSA) is 41.1 Å². The number of rotatable bonds is 2. The van der Waals surface area contributed by atoms with E-state index in [1.165, 1.54) is 17.3 Å². The highest BCUT2D eigenvalue weighted by Crippen LogP contribution is 2.24. The maximum absolute atomic E-state index is 11.4. The molecular weight excluding hydrogens is 200 g/mol. The third kappa shape index (κ3) is 2.42. The van der Waals surface area contributed by atoms with Crippen LogP contribution in [0, 0.1) is 0 Å². The molecule has 1 heterocycles. The number of carbonyl (C=O) groups is 1. The van der Waals surface area contributed by atoms with Gasteiger partial charge in [0.15, 0.2) is 0 Å². The number of anilines is 2. The van der Waals surface area contributed by atoms with Gasteiger partial charge in [-0.1, -0.05) is 6.08 Å². The summed E-state index contributed by atoms with van der Waals surface area (Å²) in [6, 6.07) is 6.00. The summed E-state index contributed by atoms with van der Waals surface area (Å²) in [5.74, 6) is -0.0776. The molecule has 84 valence electrons. The van der Waals surface area contributed by atoms with Crippen LogP contribution in [0.3, 0.4) is 0 Å². The van der Waals surface area contributed by atoms with E-state index in [2.05, 4.69) is 10.6 Å². The van der Waals surface area contributed by atoms with Crippen molar-refractivity contribution in [1.82, 2.24) is 0 Å². The van der Waals surface area contributed by atoms with Crippen molar-refractivity contribution in [3.8, 4) is 0 Å². The Balaban J connectivity index is 2.14. The van der Waals surface area contributed by atoms with Crippen molar-refractivity contribution >= 4 is 17.3 Å². The van der Waals surface area contributed by atoms with E-state index < -0.39 is 0 Å². The molecule has 0 aliphatic carbocycles. The molecule has 1 aliphatic heterocycles. The molecule has 3 heteroatoms. The minimum atomic E-state index is -0.0776. The van der Waals surface area contributed by atoms with Crippen LogP contribution < -0.4 is 10.6 Å². The van der Waals surface area contributed by atoms with Crippen molar-refractivity contribution in [2.75, 3.05) is 17.2 Å². The summed E-state index contributed by atoms with van der Waals surface area (Å²) in [5.41, 5.74) is 3.34. The highest BCUT2D eigenvalue weighted by atomic mass is 16.1. The minimum Gasteiger partial charge on any atom is -0.385 e. The lowest BCUT2D eigenvalue weighted by atomic mass is 10.0. The SMILES string of the molecule is CC=CC(=O)Nc1ccc2c(c1)CCCN2. The molecule has 2 N–H and O–H groups in total. The van der Waals surface area contributed by atoms with Crippen LogP contribution >= 0.6 is 0 Å². The van der Waals surface area contributed by atoms with Gasteiger partial charge in [0, 0.05) is 17.9 Å². The van der Waals surface area contributed by atoms with E-state index in [1.54, 1.807) is 6.08 Å². The molecule has 1 amide bonds. The fourth-order valence-electron chi connectivity index (χ4n) is 1.89. The zero-order chi connectivity index (χ0) is 11.4. The van der Waals surface area contributed by atoms with Gasteiger partial charge in [-0.3, -0.25) is 4.79 Å². The van der Waals surface area contributed by atoms with Crippen molar-refractivity contribution in [3.05, 3.63) is 35.9 Å². The number of hydrogen-bond donors (Lipinski definition) is 2. The molecule has 3 nitrogen and oxygen atoms in total. The second kappa shape index (κ2) is 4.84. The summed E-state index contributed by atoms with van der Waals surface area (Å²) >= 11 is 0. The van der Waals surface area contributed by atoms with Gasteiger partial charge in [-0.05, 0) is 49.6 Å². The summed E-state index contributed by atoms with van der Waals surface area (Å²) in [7, 11) is 0. The maximum atomic E-state index is 11.4. The van der Waals surface area contributed by atoms with Gasteiger partial charge in [-0.2, -0.15) is 0 Å². The van der Waals surface area contributed by atoms with Gasteiger partial charge in [0.2, 0.25) is 5.91 Å². The van der Waals surface area contributed by atoms with Crippen molar-refractivity contribution < 1.29 is 4.79 Å². The first kappa shape index (κ1) is 10.7. The molecule has 0 radical (unpaired) electrons. The quantitative estimate of drug-likeness (QED) is 0.746. The molecule has 1 aliphatic rings. The van der Waals surface area contributed by atoms with Crippen LogP contribution in [0.2, 0.25) is 0 Å². The highest BCUT2D eigenvalue weighted by molar-refractivity contribution is 5.99. The summed E-state index contributed by atoms with van der Waals surface area (Å²) in [5, 5.41) is 6.18. The summed E-state index contributed by atoms with van der Waals surface area (Å²) in [6.45, 7) is 2.87. The smallest absolute Gasteiger partial charge is 0.248 e. The Hall–Kier alpha value is -1.77. The molecule has 0 bridgehead atoms. The van der Waals surface area contributed by atoms with Crippen molar-refractivity contribution in [1.29, 1.82) is 0 Å². The van der Waals surface area contributed by atoms with Gasteiger partial charge in [-0.15, -0.1) is 0 Å². The zero-order valence-electron chi connectivity index (χ0n) is 9.42. The van der Waals surface area contributed by atoms with Gasteiger partial charge >= 0.3 is 0 Å². The number of hydrogen-bond acceptors (Lipinski definition) is 2. The normalized spacial score (nSPS) is 14.3. The Morgan fingerprint density at radius 3 is 3.19 bits per heavy atom. The van der Waals surface area contributed by atoms with Crippen LogP contribution in [0.4, 0.5) is 11.4 Å². The molecule has 0 spiro atoms. The van der Waals surface area contributed by atoms with Gasteiger partial charge in [-0.25, -0.2) is 0 Å². The van der Waals surface area contributed by atoms with E-state index in [0.717, 1.165) is 25.1 Å². The molecule has 0 aromatic heterocycles. The van der Waals surface area contributed by atoms with Gasteiger partial charge in [0.1, 0.15) is 0 Å². The molecule has 0 saturated heterocycles. The molecule has 0 saturated carbocycles. The summed E-state index contributed by atoms with van der Waals surface area (Å²) in [6.07, 6.45) is 5.49. The Morgan fingerprint density at radius 1 is 1.50 bits per heavy atom. The van der Waals surface area contributed by atoms with Crippen LogP contribution in [-0.4, -0.2) is 12.5 Å². The van der Waals surface area contributed by atoms with E-state index in [4.69, 9.17) is 0 Å². The van der Waals surface area contributed by atoms with Crippen LogP contribution in [0.1, 0.15) is 18.9 Å². The van der Waals surface area contributed by atoms with Gasteiger partial charge in [0.25, 0.3) is 0 Å². The first-order chi connectivity index (χ1) is 7.79. The third-order valence-electron chi connectivity index (χ3n) is 2.63. The van der Waals surface area contributed by atoms with Crippen molar-refractivity contribution in [2.45, 2.75) is 19.8 Å². The highest BCUT2D eigenvalue weighted by Gasteiger charge is 2.09. The molecule has 0 fully saturated rings. The third-order valence-corrected chi connectivity index (χ3v) is 2.63. The second-order valence-electron chi connectivity index (χ2n) is 3.89. The molecule has 2 rings (SSSR count). The van der Waals surface area contributed by atoms with Crippen LogP contribution in [0.15, 0.2) is 30.4 Å². The standard InChI is InChI=1S/C13H16N2O/c1-2-4-13(16)15-11-6-7-12-10(9-11)5-3-8-14-12/h2,4,6-7,9,14H,3,5,8H2,1H3,(H,15,16). The molecule has 1 aromatic carbocycles. The average molecular weight is 216 g/mol. The van der Waals surface area contributed by atoms with Gasteiger partial charge in [0.05, 0.1) is 0 Å². The lowest BCUT2D eigenvalue weighted by Crippen LogP contribution is -2.13. The zero-order valence-corrected chi connectivity index (χ0v) is 9.42. The van der Waals surface area contributed by atoms with E-state index in [-0.39, 0.29) is 5.91 Å². The maximum Gasteiger partial charge on any atom is 0.248 e. The molecule has 0 unspecified atom stereocenters. The van der Waals surface area contributed by atoms with Gasteiger partial charge < -0.3 is 10.6 Å². The van der Waals surface area contributed by atoms with Crippen LogP contribution in [-0.2, 0) is 11.2 Å².